The first-order chi connectivity index (χ1) is 9.76. The Kier molecular flexibility index (Phi) is 5.86. The van der Waals surface area contributed by atoms with Crippen molar-refractivity contribution in [1.82, 2.24) is 9.55 Å². The van der Waals surface area contributed by atoms with Gasteiger partial charge in [0.1, 0.15) is 0 Å². The Morgan fingerprint density at radius 2 is 2.30 bits per heavy atom. The SMILES string of the molecule is CCOCCCn1ccnc1N1CCC(N)C(CC)C1. The van der Waals surface area contributed by atoms with Crippen LogP contribution in [0, 0.1) is 5.92 Å². The molecule has 0 amide bonds. The number of nitrogens with zero attached hydrogens (tertiary/aromatic N) is 3. The number of aromatic nitrogens is 2. The number of anilines is 1. The fourth-order valence-electron chi connectivity index (χ4n) is 2.90. The molecule has 0 aliphatic carbocycles. The molecule has 2 unspecified atom stereocenters. The summed E-state index contributed by atoms with van der Waals surface area (Å²) in [5, 5.41) is 0. The quantitative estimate of drug-likeness (QED) is 0.775. The van der Waals surface area contributed by atoms with E-state index in [0.717, 1.165) is 58.1 Å². The average molecular weight is 280 g/mol. The Balaban J connectivity index is 1.93. The highest BCUT2D eigenvalue weighted by atomic mass is 16.5. The van der Waals surface area contributed by atoms with Crippen molar-refractivity contribution in [3.8, 4) is 0 Å². The third-order valence-corrected chi connectivity index (χ3v) is 4.19. The van der Waals surface area contributed by atoms with Gasteiger partial charge in [-0.05, 0) is 25.7 Å². The van der Waals surface area contributed by atoms with E-state index >= 15 is 0 Å². The molecule has 1 saturated heterocycles. The third kappa shape index (κ3) is 3.73. The Labute approximate surface area is 122 Å². The van der Waals surface area contributed by atoms with Crippen LogP contribution in [-0.2, 0) is 11.3 Å². The second kappa shape index (κ2) is 7.64. The monoisotopic (exact) mass is 280 g/mol. The van der Waals surface area contributed by atoms with Crippen molar-refractivity contribution >= 4 is 5.95 Å². The van der Waals surface area contributed by atoms with Gasteiger partial charge in [0.25, 0.3) is 0 Å². The molecule has 114 valence electrons. The fourth-order valence-corrected chi connectivity index (χ4v) is 2.90. The lowest BCUT2D eigenvalue weighted by atomic mass is 9.91. The Hall–Kier alpha value is -1.07. The molecule has 1 aromatic heterocycles. The average Bonchev–Trinajstić information content (AvgIpc) is 2.92. The van der Waals surface area contributed by atoms with E-state index < -0.39 is 0 Å². The predicted octanol–water partition coefficient (Wildman–Crippen LogP) is 1.87. The lowest BCUT2D eigenvalue weighted by Crippen LogP contribution is -2.47. The Morgan fingerprint density at radius 3 is 3.05 bits per heavy atom. The number of piperidine rings is 1. The minimum Gasteiger partial charge on any atom is -0.382 e. The number of aryl methyl sites for hydroxylation is 1. The molecular formula is C15H28N4O. The lowest BCUT2D eigenvalue weighted by molar-refractivity contribution is 0.141. The molecule has 2 atom stereocenters. The van der Waals surface area contributed by atoms with Crippen LogP contribution in [0.1, 0.15) is 33.1 Å². The van der Waals surface area contributed by atoms with E-state index in [1.807, 2.05) is 13.1 Å². The van der Waals surface area contributed by atoms with Crippen LogP contribution in [0.5, 0.6) is 0 Å². The summed E-state index contributed by atoms with van der Waals surface area (Å²) in [5.41, 5.74) is 6.19. The van der Waals surface area contributed by atoms with Crippen LogP contribution in [0.15, 0.2) is 12.4 Å². The summed E-state index contributed by atoms with van der Waals surface area (Å²) in [6.07, 6.45) is 7.19. The highest BCUT2D eigenvalue weighted by Gasteiger charge is 2.27. The van der Waals surface area contributed by atoms with Gasteiger partial charge in [-0.25, -0.2) is 4.98 Å². The number of rotatable bonds is 7. The molecule has 2 N–H and O–H groups in total. The van der Waals surface area contributed by atoms with E-state index in [4.69, 9.17) is 10.5 Å². The maximum absolute atomic E-state index is 6.19. The summed E-state index contributed by atoms with van der Waals surface area (Å²) in [5.74, 6) is 1.67. The molecule has 1 aliphatic heterocycles. The minimum atomic E-state index is 0.345. The van der Waals surface area contributed by atoms with E-state index in [-0.39, 0.29) is 0 Å². The van der Waals surface area contributed by atoms with Crippen LogP contribution in [0.3, 0.4) is 0 Å². The largest absolute Gasteiger partial charge is 0.382 e. The molecule has 1 aliphatic rings. The zero-order chi connectivity index (χ0) is 14.4. The minimum absolute atomic E-state index is 0.345. The van der Waals surface area contributed by atoms with Crippen molar-refractivity contribution in [2.45, 2.75) is 45.7 Å². The van der Waals surface area contributed by atoms with Gasteiger partial charge in [-0.3, -0.25) is 0 Å². The first-order valence-corrected chi connectivity index (χ1v) is 7.85. The molecule has 2 heterocycles. The van der Waals surface area contributed by atoms with Crippen molar-refractivity contribution < 1.29 is 4.74 Å². The van der Waals surface area contributed by atoms with Gasteiger partial charge in [0.2, 0.25) is 5.95 Å². The molecule has 0 spiro atoms. The molecule has 0 saturated carbocycles. The van der Waals surface area contributed by atoms with Crippen molar-refractivity contribution in [1.29, 1.82) is 0 Å². The van der Waals surface area contributed by atoms with Crippen LogP contribution in [-0.4, -0.2) is 41.9 Å². The maximum Gasteiger partial charge on any atom is 0.205 e. The Bertz CT molecular complexity index is 393. The van der Waals surface area contributed by atoms with E-state index in [1.54, 1.807) is 0 Å². The van der Waals surface area contributed by atoms with Gasteiger partial charge in [0.05, 0.1) is 0 Å². The summed E-state index contributed by atoms with van der Waals surface area (Å²) in [6.45, 7) is 8.87. The van der Waals surface area contributed by atoms with E-state index in [2.05, 4.69) is 27.6 Å². The molecular weight excluding hydrogens is 252 g/mol. The van der Waals surface area contributed by atoms with E-state index in [1.165, 1.54) is 0 Å². The zero-order valence-corrected chi connectivity index (χ0v) is 12.8. The molecule has 1 aromatic rings. The van der Waals surface area contributed by atoms with E-state index in [0.29, 0.717) is 12.0 Å². The zero-order valence-electron chi connectivity index (χ0n) is 12.8. The van der Waals surface area contributed by atoms with Crippen LogP contribution >= 0.6 is 0 Å². The lowest BCUT2D eigenvalue weighted by Gasteiger charge is -2.37. The standard InChI is InChI=1S/C15H28N4O/c1-3-13-12-19(9-6-14(13)16)15-17-7-10-18(15)8-5-11-20-4-2/h7,10,13-14H,3-6,8-9,11-12,16H2,1-2H3. The van der Waals surface area contributed by atoms with Crippen molar-refractivity contribution in [2.24, 2.45) is 11.7 Å². The topological polar surface area (TPSA) is 56.3 Å². The van der Waals surface area contributed by atoms with Crippen LogP contribution < -0.4 is 10.6 Å². The van der Waals surface area contributed by atoms with Crippen molar-refractivity contribution in [3.63, 3.8) is 0 Å². The number of hydrogen-bond donors (Lipinski definition) is 1. The second-order valence-corrected chi connectivity index (χ2v) is 5.54. The van der Waals surface area contributed by atoms with Crippen molar-refractivity contribution in [3.05, 3.63) is 12.4 Å². The molecule has 20 heavy (non-hydrogen) atoms. The third-order valence-electron chi connectivity index (χ3n) is 4.19. The first kappa shape index (κ1) is 15.3. The highest BCUT2D eigenvalue weighted by molar-refractivity contribution is 5.32. The van der Waals surface area contributed by atoms with Gasteiger partial charge in [-0.15, -0.1) is 0 Å². The second-order valence-electron chi connectivity index (χ2n) is 5.54. The molecule has 0 radical (unpaired) electrons. The number of ether oxygens (including phenoxy) is 1. The van der Waals surface area contributed by atoms with Crippen molar-refractivity contribution in [2.75, 3.05) is 31.2 Å². The van der Waals surface area contributed by atoms with Gasteiger partial charge >= 0.3 is 0 Å². The summed E-state index contributed by atoms with van der Waals surface area (Å²) in [4.78, 5) is 6.93. The summed E-state index contributed by atoms with van der Waals surface area (Å²) in [6, 6.07) is 0.345. The maximum atomic E-state index is 6.19. The van der Waals surface area contributed by atoms with Gasteiger partial charge in [-0.2, -0.15) is 0 Å². The first-order valence-electron chi connectivity index (χ1n) is 7.85. The molecule has 1 fully saturated rings. The molecule has 2 rings (SSSR count). The number of hydrogen-bond acceptors (Lipinski definition) is 4. The van der Waals surface area contributed by atoms with Gasteiger partial charge in [0, 0.05) is 51.3 Å². The molecule has 0 aromatic carbocycles. The summed E-state index contributed by atoms with van der Waals surface area (Å²) < 4.78 is 7.64. The van der Waals surface area contributed by atoms with Gasteiger partial charge in [0.15, 0.2) is 0 Å². The number of imidazole rings is 1. The molecule has 5 heteroatoms. The molecule has 0 bridgehead atoms. The van der Waals surface area contributed by atoms with E-state index in [9.17, 15) is 0 Å². The van der Waals surface area contributed by atoms with Crippen LogP contribution in [0.2, 0.25) is 0 Å². The fraction of sp³-hybridized carbons (Fsp3) is 0.800. The highest BCUT2D eigenvalue weighted by Crippen LogP contribution is 2.23. The van der Waals surface area contributed by atoms with Gasteiger partial charge < -0.3 is 19.9 Å². The van der Waals surface area contributed by atoms with Gasteiger partial charge in [-0.1, -0.05) is 13.3 Å². The molecule has 5 nitrogen and oxygen atoms in total. The normalized spacial score (nSPS) is 23.2. The van der Waals surface area contributed by atoms with Crippen LogP contribution in [0.4, 0.5) is 5.95 Å². The summed E-state index contributed by atoms with van der Waals surface area (Å²) in [7, 11) is 0. The predicted molar refractivity (Wildman–Crippen MR) is 81.9 cm³/mol. The van der Waals surface area contributed by atoms with Crippen LogP contribution in [0.25, 0.3) is 0 Å². The number of nitrogens with two attached hydrogens (primary N) is 1. The smallest absolute Gasteiger partial charge is 0.205 e. The Morgan fingerprint density at radius 1 is 1.45 bits per heavy atom. The summed E-state index contributed by atoms with van der Waals surface area (Å²) >= 11 is 0.